The Hall–Kier alpha value is -2.35. The smallest absolute Gasteiger partial charge is 0.338 e. The van der Waals surface area contributed by atoms with Gasteiger partial charge in [0.1, 0.15) is 11.7 Å². The molecule has 0 amide bonds. The number of aromatic nitrogens is 2. The van der Waals surface area contributed by atoms with E-state index in [0.29, 0.717) is 27.9 Å². The van der Waals surface area contributed by atoms with Crippen molar-refractivity contribution in [1.29, 1.82) is 5.26 Å². The fraction of sp³-hybridized carbons (Fsp3) is 0.400. The molecule has 5 nitrogen and oxygen atoms in total. The van der Waals surface area contributed by atoms with Gasteiger partial charge >= 0.3 is 5.97 Å². The van der Waals surface area contributed by atoms with Gasteiger partial charge in [-0.15, -0.1) is 0 Å². The largest absolute Gasteiger partial charge is 0.465 e. The van der Waals surface area contributed by atoms with E-state index in [0.717, 1.165) is 0 Å². The van der Waals surface area contributed by atoms with Gasteiger partial charge in [-0.05, 0) is 33.8 Å². The van der Waals surface area contributed by atoms with E-state index in [1.165, 1.54) is 7.11 Å². The highest BCUT2D eigenvalue weighted by atomic mass is 16.5. The second kappa shape index (κ2) is 4.64. The van der Waals surface area contributed by atoms with E-state index in [2.05, 4.69) is 11.1 Å². The lowest BCUT2D eigenvalue weighted by Crippen LogP contribution is -2.21. The summed E-state index contributed by atoms with van der Waals surface area (Å²) < 4.78 is 6.73. The molecular weight excluding hydrogens is 254 g/mol. The quantitative estimate of drug-likeness (QED) is 0.748. The van der Waals surface area contributed by atoms with Crippen molar-refractivity contribution in [3.63, 3.8) is 0 Å². The SMILES string of the molecule is COC(=O)c1cc(C)nc2c1c(C#N)cn2C(C)(C)C. The van der Waals surface area contributed by atoms with E-state index in [4.69, 9.17) is 4.74 Å². The molecule has 104 valence electrons. The topological polar surface area (TPSA) is 67.9 Å². The van der Waals surface area contributed by atoms with Crippen LogP contribution in [0.1, 0.15) is 42.4 Å². The highest BCUT2D eigenvalue weighted by molar-refractivity contribution is 6.05. The summed E-state index contributed by atoms with van der Waals surface area (Å²) in [6.45, 7) is 7.89. The number of carbonyl (C=O) groups is 1. The Morgan fingerprint density at radius 3 is 2.60 bits per heavy atom. The summed E-state index contributed by atoms with van der Waals surface area (Å²) in [5.41, 5.74) is 1.93. The van der Waals surface area contributed by atoms with Gasteiger partial charge in [-0.25, -0.2) is 9.78 Å². The van der Waals surface area contributed by atoms with Gasteiger partial charge < -0.3 is 9.30 Å². The van der Waals surface area contributed by atoms with E-state index in [-0.39, 0.29) is 5.54 Å². The van der Waals surface area contributed by atoms with Gasteiger partial charge in [-0.2, -0.15) is 5.26 Å². The first-order valence-corrected chi connectivity index (χ1v) is 6.31. The van der Waals surface area contributed by atoms with Gasteiger partial charge in [0.2, 0.25) is 0 Å². The molecule has 0 bridgehead atoms. The molecule has 0 unspecified atom stereocenters. The number of carbonyl (C=O) groups excluding carboxylic acids is 1. The number of ether oxygens (including phenoxy) is 1. The molecule has 0 saturated heterocycles. The lowest BCUT2D eigenvalue weighted by atomic mass is 10.1. The van der Waals surface area contributed by atoms with E-state index in [9.17, 15) is 10.1 Å². The standard InChI is InChI=1S/C15H17N3O2/c1-9-6-11(14(19)20-5)12-10(7-16)8-18(13(12)17-9)15(2,3)4/h6,8H,1-5H3. The van der Waals surface area contributed by atoms with Gasteiger partial charge in [0, 0.05) is 17.4 Å². The van der Waals surface area contributed by atoms with Gasteiger partial charge in [0.05, 0.1) is 23.6 Å². The summed E-state index contributed by atoms with van der Waals surface area (Å²) in [7, 11) is 1.33. The Bertz CT molecular complexity index is 730. The summed E-state index contributed by atoms with van der Waals surface area (Å²) in [5.74, 6) is -0.455. The van der Waals surface area contributed by atoms with Crippen LogP contribution in [0.2, 0.25) is 0 Å². The molecule has 2 aromatic rings. The van der Waals surface area contributed by atoms with Crippen LogP contribution < -0.4 is 0 Å². The lowest BCUT2D eigenvalue weighted by Gasteiger charge is -2.22. The van der Waals surface area contributed by atoms with Crippen molar-refractivity contribution in [2.75, 3.05) is 7.11 Å². The second-order valence-corrected chi connectivity index (χ2v) is 5.70. The predicted octanol–water partition coefficient (Wildman–Crippen LogP) is 2.76. The zero-order valence-electron chi connectivity index (χ0n) is 12.3. The van der Waals surface area contributed by atoms with Crippen molar-refractivity contribution in [2.24, 2.45) is 0 Å². The van der Waals surface area contributed by atoms with Crippen molar-refractivity contribution in [3.05, 3.63) is 29.1 Å². The van der Waals surface area contributed by atoms with E-state index in [1.54, 1.807) is 12.3 Å². The summed E-state index contributed by atoms with van der Waals surface area (Å²) in [4.78, 5) is 16.4. The minimum atomic E-state index is -0.455. The molecule has 0 aliphatic rings. The Morgan fingerprint density at radius 1 is 1.45 bits per heavy atom. The number of rotatable bonds is 1. The van der Waals surface area contributed by atoms with Crippen molar-refractivity contribution in [1.82, 2.24) is 9.55 Å². The van der Waals surface area contributed by atoms with Crippen LogP contribution in [-0.4, -0.2) is 22.6 Å². The third-order valence-corrected chi connectivity index (χ3v) is 3.13. The first-order chi connectivity index (χ1) is 9.29. The molecule has 0 aliphatic heterocycles. The number of nitriles is 1. The van der Waals surface area contributed by atoms with Crippen LogP contribution in [0.3, 0.4) is 0 Å². The van der Waals surface area contributed by atoms with Gasteiger partial charge in [0.15, 0.2) is 0 Å². The molecule has 0 aliphatic carbocycles. The third kappa shape index (κ3) is 2.14. The Kier molecular flexibility index (Phi) is 3.26. The molecule has 0 aromatic carbocycles. The van der Waals surface area contributed by atoms with Crippen LogP contribution in [0.25, 0.3) is 11.0 Å². The third-order valence-electron chi connectivity index (χ3n) is 3.13. The van der Waals surface area contributed by atoms with Crippen LogP contribution >= 0.6 is 0 Å². The Labute approximate surface area is 117 Å². The summed E-state index contributed by atoms with van der Waals surface area (Å²) >= 11 is 0. The zero-order chi connectivity index (χ0) is 15.1. The van der Waals surface area contributed by atoms with E-state index >= 15 is 0 Å². The zero-order valence-corrected chi connectivity index (χ0v) is 12.3. The van der Waals surface area contributed by atoms with Crippen molar-refractivity contribution < 1.29 is 9.53 Å². The van der Waals surface area contributed by atoms with Crippen molar-refractivity contribution >= 4 is 17.0 Å². The molecule has 0 spiro atoms. The van der Waals surface area contributed by atoms with Crippen LogP contribution in [-0.2, 0) is 10.3 Å². The number of methoxy groups -OCH3 is 1. The maximum atomic E-state index is 11.9. The fourth-order valence-electron chi connectivity index (χ4n) is 2.22. The molecule has 2 rings (SSSR count). The minimum absolute atomic E-state index is 0.235. The molecule has 0 N–H and O–H groups in total. The number of hydrogen-bond acceptors (Lipinski definition) is 4. The van der Waals surface area contributed by atoms with Crippen molar-refractivity contribution in [3.8, 4) is 6.07 Å². The van der Waals surface area contributed by atoms with Gasteiger partial charge in [0.25, 0.3) is 0 Å². The molecule has 20 heavy (non-hydrogen) atoms. The normalized spacial score (nSPS) is 11.4. The maximum absolute atomic E-state index is 11.9. The maximum Gasteiger partial charge on any atom is 0.338 e. The predicted molar refractivity (Wildman–Crippen MR) is 75.5 cm³/mol. The van der Waals surface area contributed by atoms with Gasteiger partial charge in [-0.1, -0.05) is 0 Å². The van der Waals surface area contributed by atoms with Crippen LogP contribution in [0, 0.1) is 18.3 Å². The molecule has 0 atom stereocenters. The van der Waals surface area contributed by atoms with Crippen molar-refractivity contribution in [2.45, 2.75) is 33.2 Å². The van der Waals surface area contributed by atoms with Crippen LogP contribution in [0.5, 0.6) is 0 Å². The summed E-state index contributed by atoms with van der Waals surface area (Å²) in [5, 5.41) is 9.88. The highest BCUT2D eigenvalue weighted by Crippen LogP contribution is 2.29. The first kappa shape index (κ1) is 14.1. The molecule has 0 radical (unpaired) electrons. The average Bonchev–Trinajstić information content (AvgIpc) is 2.75. The van der Waals surface area contributed by atoms with E-state index < -0.39 is 5.97 Å². The highest BCUT2D eigenvalue weighted by Gasteiger charge is 2.24. The monoisotopic (exact) mass is 271 g/mol. The number of fused-ring (bicyclic) bond motifs is 1. The molecule has 2 heterocycles. The molecule has 0 fully saturated rings. The number of aryl methyl sites for hydroxylation is 1. The Balaban J connectivity index is 2.95. The molecule has 5 heteroatoms. The molecule has 0 saturated carbocycles. The fourth-order valence-corrected chi connectivity index (χ4v) is 2.22. The minimum Gasteiger partial charge on any atom is -0.465 e. The number of nitrogens with zero attached hydrogens (tertiary/aromatic N) is 3. The second-order valence-electron chi connectivity index (χ2n) is 5.70. The number of hydrogen-bond donors (Lipinski definition) is 0. The van der Waals surface area contributed by atoms with Crippen LogP contribution in [0.15, 0.2) is 12.3 Å². The first-order valence-electron chi connectivity index (χ1n) is 6.31. The van der Waals surface area contributed by atoms with E-state index in [1.807, 2.05) is 32.3 Å². The van der Waals surface area contributed by atoms with Gasteiger partial charge in [-0.3, -0.25) is 0 Å². The molecule has 2 aromatic heterocycles. The number of pyridine rings is 1. The summed E-state index contributed by atoms with van der Waals surface area (Å²) in [6, 6.07) is 3.79. The Morgan fingerprint density at radius 2 is 2.10 bits per heavy atom. The number of esters is 1. The average molecular weight is 271 g/mol. The van der Waals surface area contributed by atoms with Crippen LogP contribution in [0.4, 0.5) is 0 Å². The molecular formula is C15H17N3O2. The lowest BCUT2D eigenvalue weighted by molar-refractivity contribution is 0.0602. The summed E-state index contributed by atoms with van der Waals surface area (Å²) in [6.07, 6.45) is 1.74.